The highest BCUT2D eigenvalue weighted by atomic mass is 35.5. The Morgan fingerprint density at radius 2 is 1.74 bits per heavy atom. The van der Waals surface area contributed by atoms with Crippen LogP contribution < -0.4 is 11.1 Å². The molecule has 0 radical (unpaired) electrons. The number of nitrogens with zero attached hydrogens (tertiary/aromatic N) is 4. The first kappa shape index (κ1) is 24.1. The molecule has 0 bridgehead atoms. The lowest BCUT2D eigenvalue weighted by molar-refractivity contribution is -0.137. The number of carbonyl (C=O) groups excluding carboxylic acids is 1. The molecule has 1 heterocycles. The van der Waals surface area contributed by atoms with Crippen LogP contribution in [0.5, 0.6) is 0 Å². The Morgan fingerprint density at radius 1 is 1.13 bits per heavy atom. The van der Waals surface area contributed by atoms with Gasteiger partial charge in [0.25, 0.3) is 11.9 Å². The Bertz CT molecular complexity index is 1010. The molecule has 7 nitrogen and oxygen atoms in total. The first-order valence-corrected chi connectivity index (χ1v) is 8.61. The Balaban J connectivity index is 2.38. The number of aliphatic imine (C=N–C) groups is 2. The van der Waals surface area contributed by atoms with Crippen molar-refractivity contribution in [2.24, 2.45) is 15.7 Å². The summed E-state index contributed by atoms with van der Waals surface area (Å²) in [4.78, 5) is 26.7. The minimum atomic E-state index is -4.99. The smallest absolute Gasteiger partial charge is 0.380 e. The van der Waals surface area contributed by atoms with Crippen LogP contribution in [0.3, 0.4) is 0 Å². The first-order chi connectivity index (χ1) is 14.3. The van der Waals surface area contributed by atoms with Gasteiger partial charge >= 0.3 is 12.4 Å². The topological polar surface area (TPSA) is 106 Å². The van der Waals surface area contributed by atoms with Gasteiger partial charge in [-0.3, -0.25) is 4.79 Å². The maximum atomic E-state index is 12.9. The second kappa shape index (κ2) is 9.29. The van der Waals surface area contributed by atoms with Crippen LogP contribution in [-0.2, 0) is 6.18 Å². The summed E-state index contributed by atoms with van der Waals surface area (Å²) in [7, 11) is 0. The number of nitrogens with one attached hydrogen (secondary N) is 1. The van der Waals surface area contributed by atoms with E-state index in [2.05, 4.69) is 25.3 Å². The highest BCUT2D eigenvalue weighted by molar-refractivity contribution is 6.31. The number of nitrogens with two attached hydrogens (primary N) is 1. The van der Waals surface area contributed by atoms with E-state index < -0.39 is 47.1 Å². The fourth-order valence-electron chi connectivity index (χ4n) is 2.09. The van der Waals surface area contributed by atoms with E-state index in [1.54, 1.807) is 0 Å². The van der Waals surface area contributed by atoms with Crippen LogP contribution in [-0.4, -0.2) is 39.8 Å². The van der Waals surface area contributed by atoms with Crippen molar-refractivity contribution in [1.82, 2.24) is 15.3 Å². The highest BCUT2D eigenvalue weighted by Gasteiger charge is 2.35. The van der Waals surface area contributed by atoms with Gasteiger partial charge < -0.3 is 11.1 Å². The molecule has 0 saturated carbocycles. The van der Waals surface area contributed by atoms with Gasteiger partial charge in [-0.05, 0) is 31.2 Å². The van der Waals surface area contributed by atoms with E-state index >= 15 is 0 Å². The summed E-state index contributed by atoms with van der Waals surface area (Å²) < 4.78 is 77.2. The number of aromatic nitrogens is 2. The number of hydrogen-bond donors (Lipinski definition) is 2. The van der Waals surface area contributed by atoms with E-state index in [9.17, 15) is 31.1 Å². The summed E-state index contributed by atoms with van der Waals surface area (Å²) >= 11 is 5.64. The molecule has 0 aliphatic rings. The van der Waals surface area contributed by atoms with E-state index in [1.165, 1.54) is 25.4 Å². The lowest BCUT2D eigenvalue weighted by Gasteiger charge is -2.16. The maximum Gasteiger partial charge on any atom is 0.449 e. The predicted molar refractivity (Wildman–Crippen MR) is 100 cm³/mol. The number of amidine groups is 2. The van der Waals surface area contributed by atoms with Gasteiger partial charge in [0.1, 0.15) is 0 Å². The SMILES string of the molecule is C[C@H](NC(=O)c1cc(Cl)cc(C(F)(F)F)c1)C(=Nc1ncccn1)N=C(N)C(F)(F)F. The highest BCUT2D eigenvalue weighted by Crippen LogP contribution is 2.32. The summed E-state index contributed by atoms with van der Waals surface area (Å²) in [5, 5.41) is 1.84. The van der Waals surface area contributed by atoms with Gasteiger partial charge in [-0.1, -0.05) is 11.6 Å². The molecular weight excluding hydrogens is 454 g/mol. The summed E-state index contributed by atoms with van der Waals surface area (Å²) in [6.07, 6.45) is -7.24. The second-order valence-electron chi connectivity index (χ2n) is 5.94. The van der Waals surface area contributed by atoms with Crippen LogP contribution in [0.2, 0.25) is 5.02 Å². The maximum absolute atomic E-state index is 12.9. The molecule has 2 rings (SSSR count). The fourth-order valence-corrected chi connectivity index (χ4v) is 2.32. The van der Waals surface area contributed by atoms with Crippen molar-refractivity contribution in [1.29, 1.82) is 0 Å². The average Bonchev–Trinajstić information content (AvgIpc) is 2.66. The number of carbonyl (C=O) groups is 1. The van der Waals surface area contributed by atoms with Gasteiger partial charge in [-0.25, -0.2) is 15.0 Å². The van der Waals surface area contributed by atoms with E-state index in [4.69, 9.17) is 17.3 Å². The van der Waals surface area contributed by atoms with Gasteiger partial charge in [0, 0.05) is 23.0 Å². The van der Waals surface area contributed by atoms with Crippen LogP contribution in [0.1, 0.15) is 22.8 Å². The molecule has 1 aromatic carbocycles. The number of amides is 1. The van der Waals surface area contributed by atoms with Gasteiger partial charge in [0.2, 0.25) is 5.84 Å². The van der Waals surface area contributed by atoms with E-state index in [1.807, 2.05) is 0 Å². The summed E-state index contributed by atoms with van der Waals surface area (Å²) in [6.45, 7) is 1.20. The molecule has 14 heteroatoms. The van der Waals surface area contributed by atoms with E-state index in [0.29, 0.717) is 12.1 Å². The monoisotopic (exact) mass is 466 g/mol. The van der Waals surface area contributed by atoms with Gasteiger partial charge in [0.05, 0.1) is 11.6 Å². The van der Waals surface area contributed by atoms with Crippen LogP contribution in [0.25, 0.3) is 0 Å². The molecule has 1 amide bonds. The largest absolute Gasteiger partial charge is 0.449 e. The van der Waals surface area contributed by atoms with Crippen molar-refractivity contribution in [2.75, 3.05) is 0 Å². The van der Waals surface area contributed by atoms with E-state index in [0.717, 1.165) is 6.07 Å². The molecule has 2 aromatic rings. The predicted octanol–water partition coefficient (Wildman–Crippen LogP) is 3.92. The second-order valence-corrected chi connectivity index (χ2v) is 6.37. The van der Waals surface area contributed by atoms with Crippen molar-refractivity contribution < 1.29 is 31.1 Å². The average molecular weight is 467 g/mol. The normalized spacial score (nSPS) is 14.3. The van der Waals surface area contributed by atoms with Crippen molar-refractivity contribution in [2.45, 2.75) is 25.3 Å². The molecule has 3 N–H and O–H groups in total. The third kappa shape index (κ3) is 6.91. The van der Waals surface area contributed by atoms with Gasteiger partial charge in [-0.2, -0.15) is 31.3 Å². The molecule has 31 heavy (non-hydrogen) atoms. The number of halogens is 7. The molecule has 0 unspecified atom stereocenters. The number of hydrogen-bond acceptors (Lipinski definition) is 4. The van der Waals surface area contributed by atoms with Gasteiger partial charge in [0.15, 0.2) is 5.84 Å². The lowest BCUT2D eigenvalue weighted by Crippen LogP contribution is -2.40. The van der Waals surface area contributed by atoms with Crippen molar-refractivity contribution >= 4 is 35.1 Å². The third-order valence-corrected chi connectivity index (χ3v) is 3.73. The van der Waals surface area contributed by atoms with Gasteiger partial charge in [-0.15, -0.1) is 0 Å². The molecule has 0 saturated heterocycles. The molecule has 166 valence electrons. The minimum Gasteiger partial charge on any atom is -0.380 e. The Morgan fingerprint density at radius 3 is 2.29 bits per heavy atom. The molecule has 1 atom stereocenters. The molecule has 1 aromatic heterocycles. The van der Waals surface area contributed by atoms with Crippen LogP contribution in [0.15, 0.2) is 46.6 Å². The lowest BCUT2D eigenvalue weighted by atomic mass is 10.1. The quantitative estimate of drug-likeness (QED) is 0.405. The Kier molecular flexibility index (Phi) is 7.21. The Labute approximate surface area is 176 Å². The number of benzene rings is 1. The van der Waals surface area contributed by atoms with Crippen molar-refractivity contribution in [3.8, 4) is 0 Å². The van der Waals surface area contributed by atoms with Crippen LogP contribution in [0, 0.1) is 0 Å². The molecule has 0 fully saturated rings. The zero-order valence-corrected chi connectivity index (χ0v) is 16.2. The number of alkyl halides is 6. The standard InChI is InChI=1S/C17H13ClF6N6O/c1-8(28-13(31)9-5-10(16(19,20)21)7-11(18)6-9)12(29-14(25)17(22,23)24)30-15-26-3-2-4-27-15/h2-8H,1H3,(H,28,31)(H2,25,26,27,29,30)/t8-/m0/s1. The molecular formula is C17H13ClF6N6O. The molecule has 0 aliphatic heterocycles. The minimum absolute atomic E-state index is 0.278. The summed E-state index contributed by atoms with van der Waals surface area (Å²) in [5.74, 6) is -3.74. The Hall–Kier alpha value is -3.22. The summed E-state index contributed by atoms with van der Waals surface area (Å²) in [6, 6.07) is 2.22. The van der Waals surface area contributed by atoms with Crippen LogP contribution >= 0.6 is 11.6 Å². The summed E-state index contributed by atoms with van der Waals surface area (Å²) in [5.41, 5.74) is 3.27. The number of rotatable bonds is 4. The van der Waals surface area contributed by atoms with Crippen LogP contribution in [0.4, 0.5) is 32.3 Å². The first-order valence-electron chi connectivity index (χ1n) is 8.23. The zero-order chi connectivity index (χ0) is 23.4. The molecule has 0 aliphatic carbocycles. The third-order valence-electron chi connectivity index (χ3n) is 3.51. The van der Waals surface area contributed by atoms with Crippen molar-refractivity contribution in [3.05, 3.63) is 52.8 Å². The fraction of sp³-hybridized carbons (Fsp3) is 0.235. The molecule has 0 spiro atoms. The van der Waals surface area contributed by atoms with Crippen molar-refractivity contribution in [3.63, 3.8) is 0 Å². The zero-order valence-electron chi connectivity index (χ0n) is 15.5. The van der Waals surface area contributed by atoms with E-state index in [-0.39, 0.29) is 11.0 Å².